The number of likely N-dealkylation sites (tertiary alicyclic amines) is 1. The third kappa shape index (κ3) is 3.77. The maximum Gasteiger partial charge on any atom is 0.258 e. The molecule has 1 aliphatic heterocycles. The minimum absolute atomic E-state index is 0.0195. The Kier molecular flexibility index (Phi) is 5.40. The number of hydrogen-bond acceptors (Lipinski definition) is 2. The third-order valence-corrected chi connectivity index (χ3v) is 4.08. The lowest BCUT2D eigenvalue weighted by atomic mass is 9.95. The molecule has 22 heavy (non-hydrogen) atoms. The lowest BCUT2D eigenvalue weighted by Gasteiger charge is -2.32. The Hall–Kier alpha value is -1.62. The van der Waals surface area contributed by atoms with Gasteiger partial charge in [0.1, 0.15) is 5.82 Å². The summed E-state index contributed by atoms with van der Waals surface area (Å²) in [6, 6.07) is 4.30. The maximum absolute atomic E-state index is 13.8. The van der Waals surface area contributed by atoms with Gasteiger partial charge in [-0.05, 0) is 38.8 Å². The van der Waals surface area contributed by atoms with Gasteiger partial charge in [-0.15, -0.1) is 0 Å². The van der Waals surface area contributed by atoms with Gasteiger partial charge in [-0.2, -0.15) is 0 Å². The quantitative estimate of drug-likeness (QED) is 0.928. The van der Waals surface area contributed by atoms with Crippen molar-refractivity contribution in [3.63, 3.8) is 0 Å². The number of benzene rings is 1. The summed E-state index contributed by atoms with van der Waals surface area (Å²) in [5, 5.41) is 3.00. The summed E-state index contributed by atoms with van der Waals surface area (Å²) in [5.41, 5.74) is -0.0887. The molecular formula is C16H20ClFN2O2. The first-order valence-electron chi connectivity index (χ1n) is 7.43. The lowest BCUT2D eigenvalue weighted by Crippen LogP contribution is -2.44. The van der Waals surface area contributed by atoms with Gasteiger partial charge in [0.05, 0.1) is 10.6 Å². The molecule has 0 radical (unpaired) electrons. The number of nitrogens with zero attached hydrogens (tertiary/aromatic N) is 1. The lowest BCUT2D eigenvalue weighted by molar-refractivity contribution is -0.126. The summed E-state index contributed by atoms with van der Waals surface area (Å²) in [6.07, 6.45) is 1.16. The maximum atomic E-state index is 13.8. The normalized spacial score (nSPS) is 16.0. The second-order valence-electron chi connectivity index (χ2n) is 5.83. The molecule has 1 heterocycles. The van der Waals surface area contributed by atoms with Gasteiger partial charge in [0.15, 0.2) is 0 Å². The zero-order valence-corrected chi connectivity index (χ0v) is 13.5. The summed E-state index contributed by atoms with van der Waals surface area (Å²) in [7, 11) is 0. The molecule has 1 N–H and O–H groups in total. The van der Waals surface area contributed by atoms with Gasteiger partial charge in [-0.3, -0.25) is 9.59 Å². The molecule has 4 nitrogen and oxygen atoms in total. The number of amides is 2. The van der Waals surface area contributed by atoms with Crippen LogP contribution in [0.4, 0.5) is 4.39 Å². The van der Waals surface area contributed by atoms with Crippen molar-refractivity contribution < 1.29 is 14.0 Å². The van der Waals surface area contributed by atoms with E-state index < -0.39 is 11.7 Å². The first-order chi connectivity index (χ1) is 10.4. The molecule has 0 unspecified atom stereocenters. The summed E-state index contributed by atoms with van der Waals surface area (Å²) in [5.74, 6) is -1.10. The van der Waals surface area contributed by atoms with Gasteiger partial charge in [0.2, 0.25) is 5.91 Å². The number of rotatable bonds is 3. The van der Waals surface area contributed by atoms with Crippen LogP contribution in [0.1, 0.15) is 37.0 Å². The van der Waals surface area contributed by atoms with Gasteiger partial charge < -0.3 is 10.2 Å². The minimum Gasteiger partial charge on any atom is -0.354 e. The van der Waals surface area contributed by atoms with E-state index in [2.05, 4.69) is 5.32 Å². The van der Waals surface area contributed by atoms with Crippen LogP contribution in [0.3, 0.4) is 0 Å². The molecule has 0 saturated carbocycles. The van der Waals surface area contributed by atoms with Crippen molar-refractivity contribution in [2.45, 2.75) is 32.7 Å². The van der Waals surface area contributed by atoms with E-state index in [4.69, 9.17) is 11.6 Å². The fourth-order valence-electron chi connectivity index (χ4n) is 2.61. The van der Waals surface area contributed by atoms with Crippen LogP contribution >= 0.6 is 11.6 Å². The second-order valence-corrected chi connectivity index (χ2v) is 6.23. The highest BCUT2D eigenvalue weighted by Gasteiger charge is 2.29. The van der Waals surface area contributed by atoms with E-state index in [0.29, 0.717) is 25.9 Å². The van der Waals surface area contributed by atoms with Gasteiger partial charge in [0.25, 0.3) is 5.91 Å². The Morgan fingerprint density at radius 1 is 1.32 bits per heavy atom. The molecule has 0 aromatic heterocycles. The molecule has 1 aliphatic rings. The molecule has 1 aromatic carbocycles. The Balaban J connectivity index is 2.00. The predicted octanol–water partition coefficient (Wildman–Crippen LogP) is 2.86. The molecule has 0 atom stereocenters. The smallest absolute Gasteiger partial charge is 0.258 e. The average molecular weight is 327 g/mol. The van der Waals surface area contributed by atoms with Crippen LogP contribution in [0.5, 0.6) is 0 Å². The molecule has 1 fully saturated rings. The number of halogens is 2. The molecule has 0 bridgehead atoms. The number of nitrogens with one attached hydrogen (secondary N) is 1. The zero-order valence-electron chi connectivity index (χ0n) is 12.7. The third-order valence-electron chi connectivity index (χ3n) is 3.76. The Morgan fingerprint density at radius 3 is 2.50 bits per heavy atom. The molecule has 0 aliphatic carbocycles. The second kappa shape index (κ2) is 7.09. The summed E-state index contributed by atoms with van der Waals surface area (Å²) < 4.78 is 13.8. The van der Waals surface area contributed by atoms with E-state index in [1.807, 2.05) is 13.8 Å². The topological polar surface area (TPSA) is 49.4 Å². The average Bonchev–Trinajstić information content (AvgIpc) is 2.46. The standard InChI is InChI=1S/C16H20ClFN2O2/c1-10(2)19-15(21)11-6-8-20(9-7-11)16(22)14-12(17)4-3-5-13(14)18/h3-5,10-11H,6-9H2,1-2H3,(H,19,21). The van der Waals surface area contributed by atoms with Crippen LogP contribution in [0, 0.1) is 11.7 Å². The van der Waals surface area contributed by atoms with Crippen LogP contribution in [-0.2, 0) is 4.79 Å². The van der Waals surface area contributed by atoms with Crippen molar-refractivity contribution in [1.82, 2.24) is 10.2 Å². The molecule has 6 heteroatoms. The first kappa shape index (κ1) is 16.7. The number of carbonyl (C=O) groups is 2. The monoisotopic (exact) mass is 326 g/mol. The Labute approximate surface area is 134 Å². The fourth-order valence-corrected chi connectivity index (χ4v) is 2.85. The Bertz CT molecular complexity index is 549. The number of carbonyl (C=O) groups excluding carboxylic acids is 2. The van der Waals surface area contributed by atoms with Crippen LogP contribution in [-0.4, -0.2) is 35.8 Å². The highest BCUT2D eigenvalue weighted by molar-refractivity contribution is 6.33. The zero-order chi connectivity index (χ0) is 16.3. The van der Waals surface area contributed by atoms with Crippen molar-refractivity contribution in [1.29, 1.82) is 0 Å². The number of hydrogen-bond donors (Lipinski definition) is 1. The van der Waals surface area contributed by atoms with Gasteiger partial charge in [-0.25, -0.2) is 4.39 Å². The fraction of sp³-hybridized carbons (Fsp3) is 0.500. The number of piperidine rings is 1. The highest BCUT2D eigenvalue weighted by atomic mass is 35.5. The summed E-state index contributed by atoms with van der Waals surface area (Å²) in [6.45, 7) is 4.69. The van der Waals surface area contributed by atoms with Crippen LogP contribution in [0.15, 0.2) is 18.2 Å². The van der Waals surface area contributed by atoms with Crippen molar-refractivity contribution in [3.05, 3.63) is 34.6 Å². The largest absolute Gasteiger partial charge is 0.354 e. The van der Waals surface area contributed by atoms with Gasteiger partial charge in [0, 0.05) is 25.0 Å². The molecule has 1 aromatic rings. The van der Waals surface area contributed by atoms with E-state index in [0.717, 1.165) is 0 Å². The first-order valence-corrected chi connectivity index (χ1v) is 7.81. The van der Waals surface area contributed by atoms with Crippen LogP contribution in [0.2, 0.25) is 5.02 Å². The molecular weight excluding hydrogens is 307 g/mol. The van der Waals surface area contributed by atoms with E-state index >= 15 is 0 Å². The predicted molar refractivity (Wildman–Crippen MR) is 83.3 cm³/mol. The van der Waals surface area contributed by atoms with Gasteiger partial charge in [-0.1, -0.05) is 17.7 Å². The van der Waals surface area contributed by atoms with Crippen molar-refractivity contribution in [3.8, 4) is 0 Å². The van der Waals surface area contributed by atoms with Crippen LogP contribution in [0.25, 0.3) is 0 Å². The summed E-state index contributed by atoms with van der Waals surface area (Å²) >= 11 is 5.93. The van der Waals surface area contributed by atoms with E-state index in [1.54, 1.807) is 4.90 Å². The van der Waals surface area contributed by atoms with Crippen molar-refractivity contribution in [2.24, 2.45) is 5.92 Å². The van der Waals surface area contributed by atoms with E-state index in [9.17, 15) is 14.0 Å². The SMILES string of the molecule is CC(C)NC(=O)C1CCN(C(=O)c2c(F)cccc2Cl)CC1. The highest BCUT2D eigenvalue weighted by Crippen LogP contribution is 2.24. The van der Waals surface area contributed by atoms with Crippen molar-refractivity contribution >= 4 is 23.4 Å². The molecule has 1 saturated heterocycles. The molecule has 2 amide bonds. The molecule has 120 valence electrons. The minimum atomic E-state index is -0.614. The van der Waals surface area contributed by atoms with Crippen molar-refractivity contribution in [2.75, 3.05) is 13.1 Å². The van der Waals surface area contributed by atoms with E-state index in [1.165, 1.54) is 18.2 Å². The van der Waals surface area contributed by atoms with Gasteiger partial charge >= 0.3 is 0 Å². The Morgan fingerprint density at radius 2 is 1.95 bits per heavy atom. The molecule has 0 spiro atoms. The summed E-state index contributed by atoms with van der Waals surface area (Å²) in [4.78, 5) is 25.9. The molecule has 2 rings (SSSR count). The van der Waals surface area contributed by atoms with Crippen LogP contribution < -0.4 is 5.32 Å². The van der Waals surface area contributed by atoms with E-state index in [-0.39, 0.29) is 28.5 Å².